The van der Waals surface area contributed by atoms with Gasteiger partial charge in [-0.3, -0.25) is 24.0 Å². The Labute approximate surface area is 290 Å². The number of carbonyl (C=O) groups is 6. The van der Waals surface area contributed by atoms with E-state index >= 15 is 0 Å². The number of aromatic nitrogens is 1. The van der Waals surface area contributed by atoms with Crippen LogP contribution in [-0.2, 0) is 23.9 Å². The van der Waals surface area contributed by atoms with Gasteiger partial charge in [0, 0.05) is 56.6 Å². The van der Waals surface area contributed by atoms with E-state index < -0.39 is 36.0 Å². The van der Waals surface area contributed by atoms with Crippen molar-refractivity contribution in [2.45, 2.75) is 83.3 Å². The molecule has 0 unspecified atom stereocenters. The van der Waals surface area contributed by atoms with Crippen molar-refractivity contribution in [2.24, 2.45) is 0 Å². The number of benzene rings is 1. The molecule has 1 aliphatic carbocycles. The number of ether oxygens (including phenoxy) is 2. The Kier molecular flexibility index (Phi) is 12.1. The lowest BCUT2D eigenvalue weighted by Crippen LogP contribution is -2.56. The minimum Gasteiger partial charge on any atom is -0.483 e. The highest BCUT2D eigenvalue weighted by molar-refractivity contribution is 5.99. The summed E-state index contributed by atoms with van der Waals surface area (Å²) in [5.74, 6) is -2.58. The lowest BCUT2D eigenvalue weighted by atomic mass is 10.1. The van der Waals surface area contributed by atoms with Crippen LogP contribution in [0.2, 0.25) is 0 Å². The second kappa shape index (κ2) is 16.6. The number of carbonyl (C=O) groups excluding carboxylic acids is 5. The molecule has 0 bridgehead atoms. The molecule has 2 saturated heterocycles. The van der Waals surface area contributed by atoms with Crippen LogP contribution in [0.25, 0.3) is 10.9 Å². The molecule has 3 heterocycles. The second-order valence-electron chi connectivity index (χ2n) is 13.0. The number of nitrogens with zero attached hydrogens (tertiary/aromatic N) is 4. The lowest BCUT2D eigenvalue weighted by molar-refractivity contribution is -0.140. The zero-order valence-electron chi connectivity index (χ0n) is 28.7. The number of rotatable bonds is 12. The number of piperazine rings is 1. The molecule has 2 aromatic rings. The highest BCUT2D eigenvalue weighted by Crippen LogP contribution is 2.28. The lowest BCUT2D eigenvalue weighted by Gasteiger charge is -2.35. The number of fused-ring (bicyclic) bond motifs is 1. The summed E-state index contributed by atoms with van der Waals surface area (Å²) in [6.07, 6.45) is 4.35. The molecule has 15 heteroatoms. The van der Waals surface area contributed by atoms with Crippen molar-refractivity contribution < 1.29 is 43.3 Å². The van der Waals surface area contributed by atoms with Crippen LogP contribution in [0.3, 0.4) is 0 Å². The van der Waals surface area contributed by atoms with Crippen LogP contribution < -0.4 is 15.4 Å². The van der Waals surface area contributed by atoms with Crippen molar-refractivity contribution in [1.29, 1.82) is 0 Å². The van der Waals surface area contributed by atoms with E-state index in [4.69, 9.17) is 9.47 Å². The van der Waals surface area contributed by atoms with E-state index in [-0.39, 0.29) is 81.5 Å². The standard InChI is InChI=1S/C35H46N6O9/c1-3-49-35(48)40-17-15-39(16-18-40)34(47)25(12-13-31(43)44)38-32(45)27-20-29(24-11-10-22(2)19-26(24)37-27)50-21-30(42)41-14-6-9-28(41)33(46)36-23-7-4-5-8-23/h10-11,19-20,23,25,28H,3-9,12-18,21H2,1-2H3,(H,36,46)(H,38,45)(H,43,44)/t25-,28-/m0/s1. The molecule has 1 aromatic heterocycles. The average molecular weight is 695 g/mol. The van der Waals surface area contributed by atoms with Gasteiger partial charge in [0.1, 0.15) is 23.5 Å². The molecule has 15 nitrogen and oxygen atoms in total. The van der Waals surface area contributed by atoms with E-state index in [2.05, 4.69) is 15.6 Å². The largest absolute Gasteiger partial charge is 0.483 e. The Morgan fingerprint density at radius 3 is 2.38 bits per heavy atom. The van der Waals surface area contributed by atoms with Crippen molar-refractivity contribution in [3.8, 4) is 5.75 Å². The maximum absolute atomic E-state index is 13.7. The fourth-order valence-corrected chi connectivity index (χ4v) is 6.77. The zero-order chi connectivity index (χ0) is 35.8. The predicted octanol–water partition coefficient (Wildman–Crippen LogP) is 2.24. The van der Waals surface area contributed by atoms with Gasteiger partial charge in [-0.05, 0) is 63.6 Å². The molecular formula is C35H46N6O9. The maximum atomic E-state index is 13.7. The zero-order valence-corrected chi connectivity index (χ0v) is 28.7. The van der Waals surface area contributed by atoms with Gasteiger partial charge >= 0.3 is 12.1 Å². The van der Waals surface area contributed by atoms with E-state index in [9.17, 15) is 33.9 Å². The number of nitrogens with one attached hydrogen (secondary N) is 2. The van der Waals surface area contributed by atoms with Gasteiger partial charge in [-0.15, -0.1) is 0 Å². The third-order valence-corrected chi connectivity index (χ3v) is 9.46. The smallest absolute Gasteiger partial charge is 0.409 e. The summed E-state index contributed by atoms with van der Waals surface area (Å²) >= 11 is 0. The van der Waals surface area contributed by atoms with Gasteiger partial charge in [-0.1, -0.05) is 18.9 Å². The first-order chi connectivity index (χ1) is 24.0. The summed E-state index contributed by atoms with van der Waals surface area (Å²) in [7, 11) is 0. The molecule has 3 aliphatic rings. The summed E-state index contributed by atoms with van der Waals surface area (Å²) < 4.78 is 11.1. The minimum absolute atomic E-state index is 0.0826. The normalized spacial score (nSPS) is 18.5. The van der Waals surface area contributed by atoms with Gasteiger partial charge in [0.15, 0.2) is 6.61 Å². The maximum Gasteiger partial charge on any atom is 0.409 e. The van der Waals surface area contributed by atoms with Crippen molar-refractivity contribution >= 4 is 46.6 Å². The van der Waals surface area contributed by atoms with Crippen LogP contribution in [0.4, 0.5) is 4.79 Å². The Balaban J connectivity index is 1.29. The number of amides is 5. The number of hydrogen-bond donors (Lipinski definition) is 3. The SMILES string of the molecule is CCOC(=O)N1CCN(C(=O)[C@H](CCC(=O)O)NC(=O)c2cc(OCC(=O)N3CCC[C@H]3C(=O)NC3CCCC3)c3ccc(C)cc3n2)CC1. The number of carboxylic acid groups (broad SMARTS) is 1. The number of pyridine rings is 1. The van der Waals surface area contributed by atoms with Crippen LogP contribution in [0, 0.1) is 6.92 Å². The third-order valence-electron chi connectivity index (χ3n) is 9.46. The number of hydrogen-bond acceptors (Lipinski definition) is 9. The van der Waals surface area contributed by atoms with E-state index in [0.717, 1.165) is 31.2 Å². The van der Waals surface area contributed by atoms with Crippen molar-refractivity contribution in [2.75, 3.05) is 45.9 Å². The summed E-state index contributed by atoms with van der Waals surface area (Å²) in [6.45, 7) is 4.73. The number of likely N-dealkylation sites (tertiary alicyclic amines) is 1. The van der Waals surface area contributed by atoms with Gasteiger partial charge in [0.25, 0.3) is 11.8 Å². The van der Waals surface area contributed by atoms with E-state index in [0.29, 0.717) is 30.3 Å². The summed E-state index contributed by atoms with van der Waals surface area (Å²) in [4.78, 5) is 86.2. The Hall–Kier alpha value is -4.95. The quantitative estimate of drug-likeness (QED) is 0.297. The molecule has 1 saturated carbocycles. The first kappa shape index (κ1) is 36.3. The molecule has 5 rings (SSSR count). The molecule has 5 amide bonds. The Bertz CT molecular complexity index is 1600. The van der Waals surface area contributed by atoms with Gasteiger partial charge in [-0.25, -0.2) is 9.78 Å². The number of aliphatic carboxylic acids is 1. The van der Waals surface area contributed by atoms with Crippen LogP contribution >= 0.6 is 0 Å². The van der Waals surface area contributed by atoms with Crippen LogP contribution in [0.5, 0.6) is 5.75 Å². The molecule has 270 valence electrons. The average Bonchev–Trinajstić information content (AvgIpc) is 3.81. The highest BCUT2D eigenvalue weighted by Gasteiger charge is 2.36. The fourth-order valence-electron chi connectivity index (χ4n) is 6.77. The second-order valence-corrected chi connectivity index (χ2v) is 13.0. The summed E-state index contributed by atoms with van der Waals surface area (Å²) in [5, 5.41) is 15.7. The van der Waals surface area contributed by atoms with Crippen LogP contribution in [0.15, 0.2) is 24.3 Å². The van der Waals surface area contributed by atoms with E-state index in [1.54, 1.807) is 24.0 Å². The van der Waals surface area contributed by atoms with Crippen molar-refractivity contribution in [3.63, 3.8) is 0 Å². The third kappa shape index (κ3) is 8.98. The van der Waals surface area contributed by atoms with Gasteiger partial charge in [0.05, 0.1) is 12.1 Å². The van der Waals surface area contributed by atoms with Gasteiger partial charge in [0.2, 0.25) is 11.8 Å². The number of aryl methyl sites for hydroxylation is 1. The van der Waals surface area contributed by atoms with E-state index in [1.807, 2.05) is 13.0 Å². The van der Waals surface area contributed by atoms with Crippen LogP contribution in [0.1, 0.15) is 74.3 Å². The summed E-state index contributed by atoms with van der Waals surface area (Å²) in [5.41, 5.74) is 1.22. The van der Waals surface area contributed by atoms with E-state index in [1.165, 1.54) is 15.9 Å². The molecule has 0 spiro atoms. The molecule has 0 radical (unpaired) electrons. The monoisotopic (exact) mass is 694 g/mol. The molecule has 2 aliphatic heterocycles. The van der Waals surface area contributed by atoms with Gasteiger partial charge < -0.3 is 39.9 Å². The molecule has 50 heavy (non-hydrogen) atoms. The molecule has 1 aromatic carbocycles. The van der Waals surface area contributed by atoms with Crippen molar-refractivity contribution in [3.05, 3.63) is 35.5 Å². The molecule has 2 atom stereocenters. The highest BCUT2D eigenvalue weighted by atomic mass is 16.6. The minimum atomic E-state index is -1.17. The fraction of sp³-hybridized carbons (Fsp3) is 0.571. The van der Waals surface area contributed by atoms with Gasteiger partial charge in [-0.2, -0.15) is 0 Å². The first-order valence-corrected chi connectivity index (χ1v) is 17.4. The molecule has 3 fully saturated rings. The topological polar surface area (TPSA) is 188 Å². The predicted molar refractivity (Wildman–Crippen MR) is 180 cm³/mol. The number of carboxylic acids is 1. The molecular weight excluding hydrogens is 648 g/mol. The summed E-state index contributed by atoms with van der Waals surface area (Å²) in [6, 6.07) is 5.21. The molecule has 3 N–H and O–H groups in total. The Morgan fingerprint density at radius 1 is 0.960 bits per heavy atom. The first-order valence-electron chi connectivity index (χ1n) is 17.4. The Morgan fingerprint density at radius 2 is 1.68 bits per heavy atom. The van der Waals surface area contributed by atoms with Crippen molar-refractivity contribution in [1.82, 2.24) is 30.3 Å². The van der Waals surface area contributed by atoms with Crippen LogP contribution in [-0.4, -0.2) is 125 Å².